The average molecular weight is 350 g/mol. The number of nitrogens with one attached hydrogen (secondary N) is 1. The summed E-state index contributed by atoms with van der Waals surface area (Å²) < 4.78 is 10.8. The van der Waals surface area contributed by atoms with Crippen LogP contribution in [0, 0.1) is 0 Å². The highest BCUT2D eigenvalue weighted by Crippen LogP contribution is 2.28. The van der Waals surface area contributed by atoms with E-state index in [-0.39, 0.29) is 24.5 Å². The lowest BCUT2D eigenvalue weighted by atomic mass is 10.1. The standard InChI is InChI=1S/C19H30N2O4/c1-6-7-8-11-21(14(2)3)19(23)15-9-10-16(17(12-15)24-5)25-13-18(22)20-4/h9-10,12,14H,6-8,11,13H2,1-5H3,(H,20,22). The van der Waals surface area contributed by atoms with Crippen LogP contribution < -0.4 is 14.8 Å². The molecule has 0 saturated heterocycles. The summed E-state index contributed by atoms with van der Waals surface area (Å²) in [6.45, 7) is 6.81. The second-order valence-corrected chi connectivity index (χ2v) is 6.13. The first-order valence-corrected chi connectivity index (χ1v) is 8.76. The summed E-state index contributed by atoms with van der Waals surface area (Å²) in [5, 5.41) is 2.49. The third-order valence-electron chi connectivity index (χ3n) is 3.93. The van der Waals surface area contributed by atoms with Crippen LogP contribution in [0.2, 0.25) is 0 Å². The largest absolute Gasteiger partial charge is 0.493 e. The molecule has 0 aromatic heterocycles. The van der Waals surface area contributed by atoms with Crippen molar-refractivity contribution in [3.8, 4) is 11.5 Å². The van der Waals surface area contributed by atoms with Crippen LogP contribution in [0.4, 0.5) is 0 Å². The fourth-order valence-electron chi connectivity index (χ4n) is 2.43. The molecular weight excluding hydrogens is 320 g/mol. The minimum atomic E-state index is -0.232. The van der Waals surface area contributed by atoms with E-state index < -0.39 is 0 Å². The van der Waals surface area contributed by atoms with Gasteiger partial charge in [0, 0.05) is 25.2 Å². The Morgan fingerprint density at radius 3 is 2.48 bits per heavy atom. The molecule has 0 unspecified atom stereocenters. The second kappa shape index (κ2) is 10.6. The number of ether oxygens (including phenoxy) is 2. The van der Waals surface area contributed by atoms with Crippen LogP contribution >= 0.6 is 0 Å². The maximum absolute atomic E-state index is 12.8. The second-order valence-electron chi connectivity index (χ2n) is 6.13. The van der Waals surface area contributed by atoms with Crippen molar-refractivity contribution in [3.05, 3.63) is 23.8 Å². The molecule has 6 heteroatoms. The predicted octanol–water partition coefficient (Wildman–Crippen LogP) is 2.86. The molecule has 0 radical (unpaired) electrons. The smallest absolute Gasteiger partial charge is 0.257 e. The molecular formula is C19H30N2O4. The Kier molecular flexibility index (Phi) is 8.81. The summed E-state index contributed by atoms with van der Waals surface area (Å²) in [5.74, 6) is 0.614. The van der Waals surface area contributed by atoms with Gasteiger partial charge in [0.2, 0.25) is 0 Å². The third-order valence-corrected chi connectivity index (χ3v) is 3.93. The van der Waals surface area contributed by atoms with Gasteiger partial charge >= 0.3 is 0 Å². The molecule has 1 N–H and O–H groups in total. The molecule has 1 rings (SSSR count). The van der Waals surface area contributed by atoms with Gasteiger partial charge in [0.05, 0.1) is 7.11 Å². The summed E-state index contributed by atoms with van der Waals surface area (Å²) in [4.78, 5) is 26.0. The zero-order chi connectivity index (χ0) is 18.8. The minimum Gasteiger partial charge on any atom is -0.493 e. The van der Waals surface area contributed by atoms with E-state index in [0.29, 0.717) is 17.1 Å². The fraction of sp³-hybridized carbons (Fsp3) is 0.579. The summed E-state index contributed by atoms with van der Waals surface area (Å²) >= 11 is 0. The number of carbonyl (C=O) groups excluding carboxylic acids is 2. The van der Waals surface area contributed by atoms with Crippen molar-refractivity contribution in [2.45, 2.75) is 46.1 Å². The number of methoxy groups -OCH3 is 1. The van der Waals surface area contributed by atoms with E-state index >= 15 is 0 Å². The summed E-state index contributed by atoms with van der Waals surface area (Å²) in [7, 11) is 3.06. The monoisotopic (exact) mass is 350 g/mol. The van der Waals surface area contributed by atoms with Crippen LogP contribution in [0.5, 0.6) is 11.5 Å². The molecule has 25 heavy (non-hydrogen) atoms. The molecule has 0 aliphatic carbocycles. The molecule has 1 aromatic rings. The van der Waals surface area contributed by atoms with Crippen LogP contribution in [-0.2, 0) is 4.79 Å². The van der Waals surface area contributed by atoms with E-state index in [1.54, 1.807) is 25.2 Å². The van der Waals surface area contributed by atoms with Crippen LogP contribution in [0.3, 0.4) is 0 Å². The Balaban J connectivity index is 2.91. The van der Waals surface area contributed by atoms with Gasteiger partial charge in [-0.3, -0.25) is 9.59 Å². The van der Waals surface area contributed by atoms with Gasteiger partial charge in [-0.1, -0.05) is 19.8 Å². The Bertz CT molecular complexity index is 573. The highest BCUT2D eigenvalue weighted by Gasteiger charge is 2.20. The molecule has 0 aliphatic rings. The van der Waals surface area contributed by atoms with E-state index in [0.717, 1.165) is 25.8 Å². The first kappa shape index (κ1) is 20.8. The van der Waals surface area contributed by atoms with Gasteiger partial charge in [-0.05, 0) is 38.5 Å². The van der Waals surface area contributed by atoms with E-state index in [2.05, 4.69) is 12.2 Å². The summed E-state index contributed by atoms with van der Waals surface area (Å²) in [6, 6.07) is 5.16. The van der Waals surface area contributed by atoms with Gasteiger partial charge in [0.15, 0.2) is 18.1 Å². The normalized spacial score (nSPS) is 10.5. The Labute approximate surface area is 150 Å². The van der Waals surface area contributed by atoms with Crippen molar-refractivity contribution in [2.75, 3.05) is 27.3 Å². The number of hydrogen-bond acceptors (Lipinski definition) is 4. The lowest BCUT2D eigenvalue weighted by molar-refractivity contribution is -0.122. The SMILES string of the molecule is CCCCCN(C(=O)c1ccc(OCC(=O)NC)c(OC)c1)C(C)C. The maximum atomic E-state index is 12.8. The number of nitrogens with zero attached hydrogens (tertiary/aromatic N) is 1. The third kappa shape index (κ3) is 6.29. The molecule has 0 heterocycles. The molecule has 0 saturated carbocycles. The van der Waals surface area contributed by atoms with Crippen molar-refractivity contribution in [1.82, 2.24) is 10.2 Å². The van der Waals surface area contributed by atoms with Gasteiger partial charge in [-0.25, -0.2) is 0 Å². The van der Waals surface area contributed by atoms with Crippen molar-refractivity contribution in [3.63, 3.8) is 0 Å². The Morgan fingerprint density at radius 2 is 1.92 bits per heavy atom. The van der Waals surface area contributed by atoms with Crippen molar-refractivity contribution in [1.29, 1.82) is 0 Å². The highest BCUT2D eigenvalue weighted by atomic mass is 16.5. The summed E-state index contributed by atoms with van der Waals surface area (Å²) in [5.41, 5.74) is 0.550. The van der Waals surface area contributed by atoms with Crippen molar-refractivity contribution < 1.29 is 19.1 Å². The number of amides is 2. The lowest BCUT2D eigenvalue weighted by Crippen LogP contribution is -2.37. The van der Waals surface area contributed by atoms with E-state index in [4.69, 9.17) is 9.47 Å². The zero-order valence-electron chi connectivity index (χ0n) is 15.9. The topological polar surface area (TPSA) is 67.9 Å². The average Bonchev–Trinajstić information content (AvgIpc) is 2.62. The lowest BCUT2D eigenvalue weighted by Gasteiger charge is -2.27. The number of unbranched alkanes of at least 4 members (excludes halogenated alkanes) is 2. The number of likely N-dealkylation sites (N-methyl/N-ethyl adjacent to an activating group) is 1. The van der Waals surface area contributed by atoms with Gasteiger partial charge < -0.3 is 19.7 Å². The number of hydrogen-bond donors (Lipinski definition) is 1. The molecule has 0 fully saturated rings. The molecule has 140 valence electrons. The predicted molar refractivity (Wildman–Crippen MR) is 98.3 cm³/mol. The molecule has 0 atom stereocenters. The van der Waals surface area contributed by atoms with Crippen molar-refractivity contribution >= 4 is 11.8 Å². The Hall–Kier alpha value is -2.24. The number of rotatable bonds is 10. The molecule has 2 amide bonds. The van der Waals surface area contributed by atoms with Crippen LogP contribution in [0.1, 0.15) is 50.4 Å². The first-order chi connectivity index (χ1) is 11.9. The van der Waals surface area contributed by atoms with Crippen molar-refractivity contribution in [2.24, 2.45) is 0 Å². The number of carbonyl (C=O) groups is 2. The molecule has 0 bridgehead atoms. The van der Waals surface area contributed by atoms with Gasteiger partial charge in [-0.2, -0.15) is 0 Å². The van der Waals surface area contributed by atoms with Crippen LogP contribution in [0.25, 0.3) is 0 Å². The van der Waals surface area contributed by atoms with Crippen LogP contribution in [-0.4, -0.2) is 50.1 Å². The van der Waals surface area contributed by atoms with E-state index in [1.165, 1.54) is 7.11 Å². The minimum absolute atomic E-state index is 0.0257. The van der Waals surface area contributed by atoms with Gasteiger partial charge in [-0.15, -0.1) is 0 Å². The fourth-order valence-corrected chi connectivity index (χ4v) is 2.43. The van der Waals surface area contributed by atoms with E-state index in [9.17, 15) is 9.59 Å². The number of benzene rings is 1. The summed E-state index contributed by atoms with van der Waals surface area (Å²) in [6.07, 6.45) is 3.21. The van der Waals surface area contributed by atoms with Crippen LogP contribution in [0.15, 0.2) is 18.2 Å². The van der Waals surface area contributed by atoms with E-state index in [1.807, 2.05) is 18.7 Å². The molecule has 0 aliphatic heterocycles. The highest BCUT2D eigenvalue weighted by molar-refractivity contribution is 5.95. The molecule has 1 aromatic carbocycles. The van der Waals surface area contributed by atoms with Gasteiger partial charge in [0.1, 0.15) is 0 Å². The first-order valence-electron chi connectivity index (χ1n) is 8.76. The molecule has 6 nitrogen and oxygen atoms in total. The zero-order valence-corrected chi connectivity index (χ0v) is 15.9. The van der Waals surface area contributed by atoms with Gasteiger partial charge in [0.25, 0.3) is 11.8 Å². The molecule has 0 spiro atoms. The quantitative estimate of drug-likeness (QED) is 0.659. The Morgan fingerprint density at radius 1 is 1.20 bits per heavy atom. The maximum Gasteiger partial charge on any atom is 0.257 e.